The van der Waals surface area contributed by atoms with Crippen molar-refractivity contribution in [2.24, 2.45) is 0 Å². The van der Waals surface area contributed by atoms with Gasteiger partial charge in [-0.2, -0.15) is 8.78 Å². The lowest BCUT2D eigenvalue weighted by Crippen LogP contribution is -2.16. The number of Topliss-reactive ketones (excluding diaryl/α,β-unsaturated/α-hetero) is 1. The van der Waals surface area contributed by atoms with Crippen LogP contribution in [0.3, 0.4) is 0 Å². The minimum absolute atomic E-state index is 0.0357. The summed E-state index contributed by atoms with van der Waals surface area (Å²) in [6.07, 6.45) is 4.13. The monoisotopic (exact) mass is 408 g/mol. The van der Waals surface area contributed by atoms with Crippen LogP contribution in [0.2, 0.25) is 0 Å². The molecule has 28 heavy (non-hydrogen) atoms. The van der Waals surface area contributed by atoms with Gasteiger partial charge in [0.05, 0.1) is 10.5 Å². The number of benzene rings is 2. The van der Waals surface area contributed by atoms with E-state index >= 15 is 0 Å². The number of ether oxygens (including phenoxy) is 1. The Morgan fingerprint density at radius 1 is 0.929 bits per heavy atom. The van der Waals surface area contributed by atoms with Crippen molar-refractivity contribution in [3.8, 4) is 0 Å². The molecule has 0 saturated carbocycles. The molecule has 0 heterocycles. The molecule has 0 aliphatic heterocycles. The molecule has 0 amide bonds. The average Bonchev–Trinajstić information content (AvgIpc) is 2.71. The number of carbonyl (C=O) groups excluding carboxylic acids is 2. The molecule has 2 aromatic rings. The van der Waals surface area contributed by atoms with Crippen LogP contribution in [-0.4, -0.2) is 32.5 Å². The second kappa shape index (κ2) is 8.18. The fourth-order valence-corrected chi connectivity index (χ4v) is 3.81. The van der Waals surface area contributed by atoms with E-state index < -0.39 is 33.1 Å². The van der Waals surface area contributed by atoms with Crippen LogP contribution in [-0.2, 0) is 27.4 Å². The summed E-state index contributed by atoms with van der Waals surface area (Å²) < 4.78 is 52.8. The highest BCUT2D eigenvalue weighted by Gasteiger charge is 2.26. The van der Waals surface area contributed by atoms with Gasteiger partial charge in [0.15, 0.2) is 12.4 Å². The van der Waals surface area contributed by atoms with Crippen LogP contribution in [0.15, 0.2) is 47.4 Å². The zero-order valence-corrected chi connectivity index (χ0v) is 15.7. The first-order valence-electron chi connectivity index (χ1n) is 8.73. The molecule has 148 valence electrons. The van der Waals surface area contributed by atoms with Crippen LogP contribution in [0.4, 0.5) is 8.78 Å². The maximum Gasteiger partial charge on any atom is 0.341 e. The summed E-state index contributed by atoms with van der Waals surface area (Å²) in [6, 6.07) is 9.42. The lowest BCUT2D eigenvalue weighted by molar-refractivity contribution is 0.0474. The van der Waals surface area contributed by atoms with Crippen LogP contribution < -0.4 is 0 Å². The number of fused-ring (bicyclic) bond motifs is 1. The van der Waals surface area contributed by atoms with Gasteiger partial charge < -0.3 is 4.74 Å². The topological polar surface area (TPSA) is 77.5 Å². The van der Waals surface area contributed by atoms with Crippen molar-refractivity contribution in [2.75, 3.05) is 6.61 Å². The summed E-state index contributed by atoms with van der Waals surface area (Å²) >= 11 is 0. The zero-order valence-electron chi connectivity index (χ0n) is 14.9. The fourth-order valence-electron chi connectivity index (χ4n) is 3.09. The van der Waals surface area contributed by atoms with Crippen molar-refractivity contribution in [2.45, 2.75) is 36.3 Å². The van der Waals surface area contributed by atoms with Crippen molar-refractivity contribution in [3.63, 3.8) is 0 Å². The maximum atomic E-state index is 12.5. The van der Waals surface area contributed by atoms with Gasteiger partial charge in [0.25, 0.3) is 0 Å². The smallest absolute Gasteiger partial charge is 0.341 e. The van der Waals surface area contributed by atoms with Crippen molar-refractivity contribution >= 4 is 21.6 Å². The molecule has 3 rings (SSSR count). The molecule has 1 aliphatic carbocycles. The molecular formula is C20H18F2O5S. The second-order valence-corrected chi connectivity index (χ2v) is 8.44. The molecule has 5 nitrogen and oxygen atoms in total. The predicted octanol–water partition coefficient (Wildman–Crippen LogP) is 3.60. The van der Waals surface area contributed by atoms with Gasteiger partial charge in [0.2, 0.25) is 9.84 Å². The van der Waals surface area contributed by atoms with E-state index in [0.29, 0.717) is 5.56 Å². The Labute approximate surface area is 161 Å². The minimum atomic E-state index is -4.73. The molecular weight excluding hydrogens is 390 g/mol. The van der Waals surface area contributed by atoms with Gasteiger partial charge in [-0.1, -0.05) is 12.1 Å². The Kier molecular flexibility index (Phi) is 5.88. The highest BCUT2D eigenvalue weighted by atomic mass is 32.2. The molecule has 0 atom stereocenters. The van der Waals surface area contributed by atoms with Crippen molar-refractivity contribution < 1.29 is 31.5 Å². The van der Waals surface area contributed by atoms with E-state index in [-0.39, 0.29) is 11.3 Å². The number of sulfone groups is 1. The number of rotatable bonds is 6. The minimum Gasteiger partial charge on any atom is -0.454 e. The summed E-state index contributed by atoms with van der Waals surface area (Å²) in [4.78, 5) is 23.7. The molecule has 0 radical (unpaired) electrons. The molecule has 1 aliphatic rings. The first-order chi connectivity index (χ1) is 13.3. The highest BCUT2D eigenvalue weighted by molar-refractivity contribution is 7.91. The number of carbonyl (C=O) groups is 2. The third-order valence-electron chi connectivity index (χ3n) is 4.66. The fraction of sp³-hybridized carbons (Fsp3) is 0.300. The lowest BCUT2D eigenvalue weighted by Gasteiger charge is -2.16. The molecule has 0 fully saturated rings. The van der Waals surface area contributed by atoms with E-state index in [1.807, 2.05) is 12.1 Å². The van der Waals surface area contributed by atoms with E-state index in [9.17, 15) is 26.8 Å². The quantitative estimate of drug-likeness (QED) is 0.539. The van der Waals surface area contributed by atoms with Crippen molar-refractivity contribution in [3.05, 3.63) is 64.7 Å². The summed E-state index contributed by atoms with van der Waals surface area (Å²) in [7, 11) is -4.73. The van der Waals surface area contributed by atoms with Gasteiger partial charge in [0, 0.05) is 5.56 Å². The first-order valence-corrected chi connectivity index (χ1v) is 10.3. The van der Waals surface area contributed by atoms with Crippen LogP contribution in [0.1, 0.15) is 44.7 Å². The normalized spacial score (nSPS) is 13.8. The number of aryl methyl sites for hydroxylation is 2. The Morgan fingerprint density at radius 2 is 1.54 bits per heavy atom. The van der Waals surface area contributed by atoms with E-state index in [0.717, 1.165) is 55.5 Å². The van der Waals surface area contributed by atoms with Gasteiger partial charge in [-0.3, -0.25) is 4.79 Å². The number of ketones is 1. The number of hydrogen-bond acceptors (Lipinski definition) is 5. The average molecular weight is 408 g/mol. The third kappa shape index (κ3) is 4.27. The van der Waals surface area contributed by atoms with Crippen LogP contribution in [0.25, 0.3) is 0 Å². The second-order valence-electron chi connectivity index (χ2n) is 6.52. The Bertz CT molecular complexity index is 998. The molecule has 0 spiro atoms. The Balaban J connectivity index is 1.63. The van der Waals surface area contributed by atoms with Crippen LogP contribution >= 0.6 is 0 Å². The maximum absolute atomic E-state index is 12.5. The van der Waals surface area contributed by atoms with Gasteiger partial charge >= 0.3 is 11.7 Å². The molecule has 0 N–H and O–H groups in total. The van der Waals surface area contributed by atoms with E-state index in [1.165, 1.54) is 5.56 Å². The van der Waals surface area contributed by atoms with Gasteiger partial charge in [0.1, 0.15) is 0 Å². The standard InChI is InChI=1S/C20H18F2O5S/c21-20(22)28(25,26)17-9-7-14(8-10-17)19(24)27-12-18(23)16-6-5-13-3-1-2-4-15(13)11-16/h5-11,20H,1-4,12H2. The largest absolute Gasteiger partial charge is 0.454 e. The van der Waals surface area contributed by atoms with Crippen LogP contribution in [0.5, 0.6) is 0 Å². The number of esters is 1. The predicted molar refractivity (Wildman–Crippen MR) is 97.3 cm³/mol. The summed E-state index contributed by atoms with van der Waals surface area (Å²) in [6.45, 7) is -0.464. The molecule has 0 bridgehead atoms. The molecule has 0 saturated heterocycles. The SMILES string of the molecule is O=C(COC(=O)c1ccc(S(=O)(=O)C(F)F)cc1)c1ccc2c(c1)CCCC2. The summed E-state index contributed by atoms with van der Waals surface area (Å²) in [5, 5.41) is 0. The number of hydrogen-bond donors (Lipinski definition) is 0. The molecule has 2 aromatic carbocycles. The Morgan fingerprint density at radius 3 is 2.18 bits per heavy atom. The lowest BCUT2D eigenvalue weighted by atomic mass is 9.90. The summed E-state index contributed by atoms with van der Waals surface area (Å²) in [5.74, 6) is -4.73. The molecule has 0 unspecified atom stereocenters. The van der Waals surface area contributed by atoms with E-state index in [2.05, 4.69) is 0 Å². The van der Waals surface area contributed by atoms with E-state index in [4.69, 9.17) is 4.74 Å². The number of alkyl halides is 2. The van der Waals surface area contributed by atoms with Crippen LogP contribution in [0, 0.1) is 0 Å². The number of halogens is 2. The first kappa shape index (κ1) is 20.1. The molecule has 8 heteroatoms. The van der Waals surface area contributed by atoms with Crippen molar-refractivity contribution in [1.82, 2.24) is 0 Å². The van der Waals surface area contributed by atoms with E-state index in [1.54, 1.807) is 6.07 Å². The van der Waals surface area contributed by atoms with Gasteiger partial charge in [-0.25, -0.2) is 13.2 Å². The Hall–Kier alpha value is -2.61. The summed E-state index contributed by atoms with van der Waals surface area (Å²) in [5.41, 5.74) is 2.80. The molecule has 0 aromatic heterocycles. The third-order valence-corrected chi connectivity index (χ3v) is 6.06. The van der Waals surface area contributed by atoms with Gasteiger partial charge in [-0.15, -0.1) is 0 Å². The highest BCUT2D eigenvalue weighted by Crippen LogP contribution is 2.23. The van der Waals surface area contributed by atoms with Gasteiger partial charge in [-0.05, 0) is 67.1 Å². The zero-order chi connectivity index (χ0) is 20.3. The van der Waals surface area contributed by atoms with Crippen molar-refractivity contribution in [1.29, 1.82) is 0 Å².